The van der Waals surface area contributed by atoms with Crippen LogP contribution in [0.15, 0.2) is 16.6 Å². The van der Waals surface area contributed by atoms with Gasteiger partial charge in [0.25, 0.3) is 0 Å². The van der Waals surface area contributed by atoms with E-state index in [0.29, 0.717) is 10.2 Å². The topological polar surface area (TPSA) is 58.3 Å². The number of nitrogens with one attached hydrogen (secondary N) is 1. The summed E-state index contributed by atoms with van der Waals surface area (Å²) in [7, 11) is 0. The number of hydrogen-bond acceptors (Lipinski definition) is 3. The molecule has 1 saturated carbocycles. The van der Waals surface area contributed by atoms with Crippen molar-refractivity contribution in [2.24, 2.45) is 5.41 Å². The van der Waals surface area contributed by atoms with Crippen LogP contribution in [0.2, 0.25) is 0 Å². The number of aliphatic hydroxyl groups excluding tert-OH is 1. The summed E-state index contributed by atoms with van der Waals surface area (Å²) in [6.07, 6.45) is 3.06. The van der Waals surface area contributed by atoms with Gasteiger partial charge >= 0.3 is 0 Å². The first kappa shape index (κ1) is 12.6. The monoisotopic (exact) mass is 302 g/mol. The average Bonchev–Trinajstić information content (AvgIpc) is 3.03. The molecule has 0 radical (unpaired) electrons. The summed E-state index contributed by atoms with van der Waals surface area (Å²) in [4.78, 5) is 0. The van der Waals surface area contributed by atoms with Gasteiger partial charge in [0.2, 0.25) is 0 Å². The van der Waals surface area contributed by atoms with Crippen molar-refractivity contribution >= 4 is 27.3 Å². The zero-order valence-electron chi connectivity index (χ0n) is 9.47. The van der Waals surface area contributed by atoms with E-state index in [2.05, 4.69) is 21.2 Å². The molecule has 3 nitrogen and oxygen atoms in total. The molecule has 2 rings (SSSR count). The van der Waals surface area contributed by atoms with Gasteiger partial charge in [-0.2, -0.15) is 0 Å². The summed E-state index contributed by atoms with van der Waals surface area (Å²) in [5.74, 6) is -0.357. The maximum Gasteiger partial charge on any atom is 0.139 e. The molecule has 1 fully saturated rings. The van der Waals surface area contributed by atoms with Gasteiger partial charge < -0.3 is 16.2 Å². The summed E-state index contributed by atoms with van der Waals surface area (Å²) in [6, 6.07) is 2.96. The Balaban J connectivity index is 2.02. The van der Waals surface area contributed by atoms with Gasteiger partial charge in [-0.15, -0.1) is 0 Å². The summed E-state index contributed by atoms with van der Waals surface area (Å²) >= 11 is 3.14. The summed E-state index contributed by atoms with van der Waals surface area (Å²) in [5.41, 5.74) is 7.10. The highest BCUT2D eigenvalue weighted by Crippen LogP contribution is 2.48. The van der Waals surface area contributed by atoms with E-state index in [9.17, 15) is 4.39 Å². The highest BCUT2D eigenvalue weighted by molar-refractivity contribution is 9.10. The maximum atomic E-state index is 13.2. The predicted octanol–water partition coefficient (Wildman–Crippen LogP) is 2.74. The Kier molecular flexibility index (Phi) is 3.58. The van der Waals surface area contributed by atoms with Crippen molar-refractivity contribution in [3.05, 3.63) is 22.4 Å². The Hall–Kier alpha value is -0.810. The molecule has 0 aliphatic heterocycles. The minimum absolute atomic E-state index is 0.210. The van der Waals surface area contributed by atoms with Gasteiger partial charge in [-0.1, -0.05) is 0 Å². The Morgan fingerprint density at radius 2 is 2.18 bits per heavy atom. The van der Waals surface area contributed by atoms with E-state index in [-0.39, 0.29) is 17.8 Å². The van der Waals surface area contributed by atoms with Crippen molar-refractivity contribution in [2.45, 2.75) is 19.3 Å². The van der Waals surface area contributed by atoms with Crippen LogP contribution in [0.3, 0.4) is 0 Å². The fraction of sp³-hybridized carbons (Fsp3) is 0.500. The van der Waals surface area contributed by atoms with Crippen LogP contribution in [0, 0.1) is 11.2 Å². The van der Waals surface area contributed by atoms with Gasteiger partial charge in [-0.3, -0.25) is 0 Å². The Morgan fingerprint density at radius 3 is 2.76 bits per heavy atom. The van der Waals surface area contributed by atoms with E-state index in [1.807, 2.05) is 0 Å². The average molecular weight is 303 g/mol. The van der Waals surface area contributed by atoms with Crippen LogP contribution in [0.4, 0.5) is 15.8 Å². The molecule has 0 spiro atoms. The number of anilines is 2. The van der Waals surface area contributed by atoms with Crippen molar-refractivity contribution in [1.82, 2.24) is 0 Å². The quantitative estimate of drug-likeness (QED) is 0.733. The largest absolute Gasteiger partial charge is 0.397 e. The van der Waals surface area contributed by atoms with E-state index in [1.165, 1.54) is 6.07 Å². The second kappa shape index (κ2) is 4.82. The van der Waals surface area contributed by atoms with Gasteiger partial charge in [0.1, 0.15) is 5.82 Å². The fourth-order valence-electron chi connectivity index (χ4n) is 1.93. The van der Waals surface area contributed by atoms with E-state index < -0.39 is 0 Å². The molecule has 94 valence electrons. The van der Waals surface area contributed by atoms with Crippen molar-refractivity contribution in [3.8, 4) is 0 Å². The van der Waals surface area contributed by atoms with Gasteiger partial charge in [0.15, 0.2) is 0 Å². The molecular formula is C12H16BrFN2O. The minimum atomic E-state index is -0.357. The van der Waals surface area contributed by atoms with Crippen molar-refractivity contribution in [3.63, 3.8) is 0 Å². The minimum Gasteiger partial charge on any atom is -0.397 e. The van der Waals surface area contributed by atoms with E-state index in [4.69, 9.17) is 10.8 Å². The van der Waals surface area contributed by atoms with E-state index in [0.717, 1.165) is 31.5 Å². The summed E-state index contributed by atoms with van der Waals surface area (Å²) < 4.78 is 13.6. The molecule has 1 aromatic rings. The molecule has 0 aromatic heterocycles. The number of nitrogens with two attached hydrogens (primary N) is 1. The Morgan fingerprint density at radius 1 is 1.47 bits per heavy atom. The smallest absolute Gasteiger partial charge is 0.139 e. The molecular weight excluding hydrogens is 287 g/mol. The van der Waals surface area contributed by atoms with Gasteiger partial charge in [0.05, 0.1) is 15.8 Å². The van der Waals surface area contributed by atoms with Gasteiger partial charge in [-0.05, 0) is 46.7 Å². The molecule has 0 atom stereocenters. The van der Waals surface area contributed by atoms with Crippen molar-refractivity contribution < 1.29 is 9.50 Å². The summed E-state index contributed by atoms with van der Waals surface area (Å²) in [5, 5.41) is 12.2. The van der Waals surface area contributed by atoms with E-state index in [1.54, 1.807) is 6.07 Å². The molecule has 0 saturated heterocycles. The zero-order valence-corrected chi connectivity index (χ0v) is 11.1. The van der Waals surface area contributed by atoms with Crippen LogP contribution >= 0.6 is 15.9 Å². The predicted molar refractivity (Wildman–Crippen MR) is 70.4 cm³/mol. The number of rotatable bonds is 5. The third-order valence-electron chi connectivity index (χ3n) is 3.35. The Bertz CT molecular complexity index is 421. The third kappa shape index (κ3) is 2.90. The normalized spacial score (nSPS) is 16.9. The SMILES string of the molecule is Nc1cc(F)c(Br)cc1NCC1(CCO)CC1. The second-order valence-corrected chi connectivity index (χ2v) is 5.54. The van der Waals surface area contributed by atoms with Crippen molar-refractivity contribution in [2.75, 3.05) is 24.2 Å². The molecule has 1 aliphatic carbocycles. The highest BCUT2D eigenvalue weighted by Gasteiger charge is 2.41. The molecule has 0 bridgehead atoms. The number of benzene rings is 1. The molecule has 0 unspecified atom stereocenters. The van der Waals surface area contributed by atoms with Crippen LogP contribution in [-0.2, 0) is 0 Å². The number of nitrogen functional groups attached to an aromatic ring is 1. The number of hydrogen-bond donors (Lipinski definition) is 3. The summed E-state index contributed by atoms with van der Waals surface area (Å²) in [6.45, 7) is 0.986. The standard InChI is InChI=1S/C12H16BrFN2O/c13-8-5-11(10(15)6-9(8)14)16-7-12(1-2-12)3-4-17/h5-6,16-17H,1-4,7,15H2. The Labute approximate surface area is 108 Å². The lowest BCUT2D eigenvalue weighted by Crippen LogP contribution is -2.17. The number of halogens is 2. The maximum absolute atomic E-state index is 13.2. The first-order valence-corrected chi connectivity index (χ1v) is 6.45. The highest BCUT2D eigenvalue weighted by atomic mass is 79.9. The van der Waals surface area contributed by atoms with Crippen LogP contribution in [0.25, 0.3) is 0 Å². The van der Waals surface area contributed by atoms with Gasteiger partial charge in [0, 0.05) is 19.2 Å². The molecule has 4 N–H and O–H groups in total. The lowest BCUT2D eigenvalue weighted by atomic mass is 10.0. The fourth-order valence-corrected chi connectivity index (χ4v) is 2.27. The molecule has 5 heteroatoms. The third-order valence-corrected chi connectivity index (χ3v) is 3.95. The van der Waals surface area contributed by atoms with Crippen LogP contribution in [-0.4, -0.2) is 18.3 Å². The van der Waals surface area contributed by atoms with Gasteiger partial charge in [-0.25, -0.2) is 4.39 Å². The lowest BCUT2D eigenvalue weighted by Gasteiger charge is -2.17. The van der Waals surface area contributed by atoms with E-state index >= 15 is 0 Å². The molecule has 1 aromatic carbocycles. The first-order chi connectivity index (χ1) is 8.06. The molecule has 0 heterocycles. The van der Waals surface area contributed by atoms with Crippen LogP contribution in [0.1, 0.15) is 19.3 Å². The van der Waals surface area contributed by atoms with Crippen molar-refractivity contribution in [1.29, 1.82) is 0 Å². The lowest BCUT2D eigenvalue weighted by molar-refractivity contribution is 0.253. The molecule has 0 amide bonds. The zero-order chi connectivity index (χ0) is 12.5. The first-order valence-electron chi connectivity index (χ1n) is 5.66. The second-order valence-electron chi connectivity index (χ2n) is 4.68. The molecule has 17 heavy (non-hydrogen) atoms. The number of aliphatic hydroxyl groups is 1. The molecule has 1 aliphatic rings. The van der Waals surface area contributed by atoms with Crippen LogP contribution < -0.4 is 11.1 Å². The van der Waals surface area contributed by atoms with Crippen LogP contribution in [0.5, 0.6) is 0 Å².